The minimum atomic E-state index is -0.116. The zero-order chi connectivity index (χ0) is 12.3. The van der Waals surface area contributed by atoms with Gasteiger partial charge in [0.2, 0.25) is 0 Å². The first-order valence-electron chi connectivity index (χ1n) is 5.65. The number of alkyl halides is 1. The lowest BCUT2D eigenvalue weighted by molar-refractivity contribution is 0.0384. The summed E-state index contributed by atoms with van der Waals surface area (Å²) in [6.07, 6.45) is 1.26. The van der Waals surface area contributed by atoms with Crippen molar-refractivity contribution in [2.45, 2.75) is 19.4 Å². The molecule has 1 atom stereocenters. The van der Waals surface area contributed by atoms with Crippen LogP contribution in [0.5, 0.6) is 0 Å². The third-order valence-corrected chi connectivity index (χ3v) is 3.91. The van der Waals surface area contributed by atoms with Gasteiger partial charge >= 0.3 is 0 Å². The van der Waals surface area contributed by atoms with Gasteiger partial charge in [-0.2, -0.15) is 0 Å². The molecule has 0 saturated carbocycles. The number of carbonyl (C=O) groups is 1. The quantitative estimate of drug-likeness (QED) is 0.623. The molecule has 4 nitrogen and oxygen atoms in total. The van der Waals surface area contributed by atoms with E-state index in [0.29, 0.717) is 5.69 Å². The van der Waals surface area contributed by atoms with E-state index in [0.717, 1.165) is 31.2 Å². The van der Waals surface area contributed by atoms with Crippen molar-refractivity contribution < 1.29 is 9.53 Å². The number of ketones is 1. The van der Waals surface area contributed by atoms with Crippen molar-refractivity contribution in [1.29, 1.82) is 0 Å². The van der Waals surface area contributed by atoms with Crippen LogP contribution in [0.1, 0.15) is 23.8 Å². The van der Waals surface area contributed by atoms with E-state index < -0.39 is 0 Å². The number of nitrogens with zero attached hydrogens (tertiary/aromatic N) is 2. The molecular formula is C11H15ClN2O2S. The number of ether oxygens (including phenoxy) is 1. The largest absolute Gasteiger partial charge is 0.375 e. The second kappa shape index (κ2) is 5.80. The van der Waals surface area contributed by atoms with E-state index in [9.17, 15) is 4.79 Å². The second-order valence-electron chi connectivity index (χ2n) is 3.92. The number of morpholine rings is 1. The molecule has 0 radical (unpaired) electrons. The number of rotatable bonds is 4. The molecular weight excluding hydrogens is 260 g/mol. The molecule has 17 heavy (non-hydrogen) atoms. The summed E-state index contributed by atoms with van der Waals surface area (Å²) in [6, 6.07) is 0. The first-order valence-corrected chi connectivity index (χ1v) is 7.07. The van der Waals surface area contributed by atoms with Gasteiger partial charge in [0.1, 0.15) is 5.69 Å². The third kappa shape index (κ3) is 2.97. The van der Waals surface area contributed by atoms with Gasteiger partial charge in [0, 0.05) is 18.5 Å². The normalized spacial score (nSPS) is 20.6. The summed E-state index contributed by atoms with van der Waals surface area (Å²) in [7, 11) is 0. The van der Waals surface area contributed by atoms with Crippen molar-refractivity contribution in [3.63, 3.8) is 0 Å². The maximum absolute atomic E-state index is 11.4. The van der Waals surface area contributed by atoms with E-state index in [2.05, 4.69) is 16.8 Å². The average Bonchev–Trinajstić information content (AvgIpc) is 2.87. The summed E-state index contributed by atoms with van der Waals surface area (Å²) in [4.78, 5) is 17.9. The number of Topliss-reactive ketones (excluding diaryl/α,β-unsaturated/α-hetero) is 1. The van der Waals surface area contributed by atoms with Gasteiger partial charge in [-0.1, -0.05) is 6.92 Å². The number of halogens is 1. The molecule has 1 aliphatic rings. The monoisotopic (exact) mass is 274 g/mol. The van der Waals surface area contributed by atoms with Crippen LogP contribution >= 0.6 is 22.9 Å². The standard InChI is InChI=1S/C11H15ClN2O2S/c1-2-8-6-14(3-4-16-8)11-13-9(7-17-11)10(15)5-12/h7-8H,2-6H2,1H3. The SMILES string of the molecule is CCC1CN(c2nc(C(=O)CCl)cs2)CCO1. The van der Waals surface area contributed by atoms with E-state index in [4.69, 9.17) is 16.3 Å². The predicted molar refractivity (Wildman–Crippen MR) is 69.4 cm³/mol. The Balaban J connectivity index is 2.06. The van der Waals surface area contributed by atoms with E-state index in [1.807, 2.05) is 0 Å². The number of hydrogen-bond donors (Lipinski definition) is 0. The molecule has 1 unspecified atom stereocenters. The first kappa shape index (κ1) is 12.8. The van der Waals surface area contributed by atoms with Crippen molar-refractivity contribution in [2.24, 2.45) is 0 Å². The van der Waals surface area contributed by atoms with Crippen molar-refractivity contribution in [1.82, 2.24) is 4.98 Å². The molecule has 94 valence electrons. The molecule has 0 aromatic carbocycles. The van der Waals surface area contributed by atoms with E-state index in [-0.39, 0.29) is 17.8 Å². The maximum Gasteiger partial charge on any atom is 0.196 e. The van der Waals surface area contributed by atoms with Crippen LogP contribution in [0.2, 0.25) is 0 Å². The Kier molecular flexibility index (Phi) is 4.36. The average molecular weight is 275 g/mol. The highest BCUT2D eigenvalue weighted by molar-refractivity contribution is 7.14. The van der Waals surface area contributed by atoms with Gasteiger partial charge in [-0.3, -0.25) is 4.79 Å². The first-order chi connectivity index (χ1) is 8.24. The molecule has 0 N–H and O–H groups in total. The molecule has 2 heterocycles. The van der Waals surface area contributed by atoms with Gasteiger partial charge in [0.15, 0.2) is 10.9 Å². The van der Waals surface area contributed by atoms with E-state index >= 15 is 0 Å². The zero-order valence-electron chi connectivity index (χ0n) is 9.69. The van der Waals surface area contributed by atoms with Gasteiger partial charge in [-0.15, -0.1) is 22.9 Å². The highest BCUT2D eigenvalue weighted by atomic mass is 35.5. The summed E-state index contributed by atoms with van der Waals surface area (Å²) in [6.45, 7) is 4.51. The Morgan fingerprint density at radius 1 is 1.76 bits per heavy atom. The van der Waals surface area contributed by atoms with Gasteiger partial charge in [0.05, 0.1) is 18.6 Å². The Bertz CT molecular complexity index is 397. The number of carbonyl (C=O) groups excluding carboxylic acids is 1. The number of aromatic nitrogens is 1. The van der Waals surface area contributed by atoms with Crippen LogP contribution in [0.3, 0.4) is 0 Å². The zero-order valence-corrected chi connectivity index (χ0v) is 11.3. The second-order valence-corrected chi connectivity index (χ2v) is 5.02. The van der Waals surface area contributed by atoms with E-state index in [1.54, 1.807) is 5.38 Å². The molecule has 0 amide bonds. The molecule has 0 bridgehead atoms. The molecule has 1 aliphatic heterocycles. The fraction of sp³-hybridized carbons (Fsp3) is 0.636. The maximum atomic E-state index is 11.4. The molecule has 1 aromatic heterocycles. The lowest BCUT2D eigenvalue weighted by atomic mass is 10.2. The highest BCUT2D eigenvalue weighted by Gasteiger charge is 2.22. The van der Waals surface area contributed by atoms with Gasteiger partial charge in [-0.05, 0) is 6.42 Å². The molecule has 0 spiro atoms. The van der Waals surface area contributed by atoms with Crippen LogP contribution in [0, 0.1) is 0 Å². The van der Waals surface area contributed by atoms with Crippen LogP contribution < -0.4 is 4.90 Å². The summed E-state index contributed by atoms with van der Waals surface area (Å²) in [5.74, 6) is -0.126. The van der Waals surface area contributed by atoms with Gasteiger partial charge < -0.3 is 9.64 Å². The Morgan fingerprint density at radius 2 is 2.59 bits per heavy atom. The number of anilines is 1. The minimum absolute atomic E-state index is 0.0101. The molecule has 1 fully saturated rings. The summed E-state index contributed by atoms with van der Waals surface area (Å²) >= 11 is 7.00. The van der Waals surface area contributed by atoms with Crippen molar-refractivity contribution >= 4 is 33.9 Å². The van der Waals surface area contributed by atoms with Crippen LogP contribution in [-0.4, -0.2) is 42.4 Å². The van der Waals surface area contributed by atoms with Crippen LogP contribution in [-0.2, 0) is 4.74 Å². The number of hydrogen-bond acceptors (Lipinski definition) is 5. The van der Waals surface area contributed by atoms with Crippen molar-refractivity contribution in [2.75, 3.05) is 30.5 Å². The lowest BCUT2D eigenvalue weighted by Gasteiger charge is -2.32. The fourth-order valence-electron chi connectivity index (χ4n) is 1.75. The van der Waals surface area contributed by atoms with Crippen molar-refractivity contribution in [3.8, 4) is 0 Å². The predicted octanol–water partition coefficient (Wildman–Crippen LogP) is 2.18. The van der Waals surface area contributed by atoms with E-state index in [1.165, 1.54) is 11.3 Å². The highest BCUT2D eigenvalue weighted by Crippen LogP contribution is 2.23. The molecule has 2 rings (SSSR count). The Morgan fingerprint density at radius 3 is 3.29 bits per heavy atom. The molecule has 0 aliphatic carbocycles. The van der Waals surface area contributed by atoms with Gasteiger partial charge in [-0.25, -0.2) is 4.98 Å². The van der Waals surface area contributed by atoms with Crippen LogP contribution in [0.4, 0.5) is 5.13 Å². The number of thiazole rings is 1. The topological polar surface area (TPSA) is 42.4 Å². The Hall–Kier alpha value is -0.650. The fourth-order valence-corrected chi connectivity index (χ4v) is 2.75. The summed E-state index contributed by atoms with van der Waals surface area (Å²) in [5, 5.41) is 2.66. The smallest absolute Gasteiger partial charge is 0.196 e. The Labute approximate surface area is 110 Å². The molecule has 1 saturated heterocycles. The summed E-state index contributed by atoms with van der Waals surface area (Å²) < 4.78 is 5.60. The lowest BCUT2D eigenvalue weighted by Crippen LogP contribution is -2.42. The van der Waals surface area contributed by atoms with Crippen LogP contribution in [0.25, 0.3) is 0 Å². The van der Waals surface area contributed by atoms with Gasteiger partial charge in [0.25, 0.3) is 0 Å². The molecule has 6 heteroatoms. The minimum Gasteiger partial charge on any atom is -0.375 e. The van der Waals surface area contributed by atoms with Crippen LogP contribution in [0.15, 0.2) is 5.38 Å². The molecule has 1 aromatic rings. The summed E-state index contributed by atoms with van der Waals surface area (Å²) in [5.41, 5.74) is 0.472. The third-order valence-electron chi connectivity index (χ3n) is 2.76. The van der Waals surface area contributed by atoms with Crippen molar-refractivity contribution in [3.05, 3.63) is 11.1 Å².